The van der Waals surface area contributed by atoms with Crippen LogP contribution in [0.2, 0.25) is 0 Å². The molecule has 0 aliphatic heterocycles. The molecule has 0 atom stereocenters. The van der Waals surface area contributed by atoms with Crippen LogP contribution in [0.25, 0.3) is 0 Å². The molecule has 0 unspecified atom stereocenters. The highest BCUT2D eigenvalue weighted by molar-refractivity contribution is 5.85. The van der Waals surface area contributed by atoms with E-state index in [1.807, 2.05) is 0 Å². The summed E-state index contributed by atoms with van der Waals surface area (Å²) >= 11 is 0. The van der Waals surface area contributed by atoms with Gasteiger partial charge in [-0.15, -0.1) is 24.8 Å². The van der Waals surface area contributed by atoms with Crippen LogP contribution < -0.4 is 10.6 Å². The van der Waals surface area contributed by atoms with Crippen LogP contribution in [0.15, 0.2) is 18.2 Å². The Balaban J connectivity index is 0. The Morgan fingerprint density at radius 3 is 2.11 bits per heavy atom. The Labute approximate surface area is 130 Å². The average molecular weight is 307 g/mol. The number of nitrogens with zero attached hydrogens (tertiary/aromatic N) is 1. The van der Waals surface area contributed by atoms with Gasteiger partial charge in [-0.3, -0.25) is 0 Å². The van der Waals surface area contributed by atoms with Crippen molar-refractivity contribution in [1.29, 1.82) is 0 Å². The second kappa shape index (κ2) is 10.4. The van der Waals surface area contributed by atoms with Crippen molar-refractivity contribution in [1.82, 2.24) is 0 Å². The van der Waals surface area contributed by atoms with E-state index in [4.69, 9.17) is 5.73 Å². The molecule has 0 aliphatic carbocycles. The third-order valence-corrected chi connectivity index (χ3v) is 3.25. The highest BCUT2D eigenvalue weighted by Gasteiger charge is 2.11. The Morgan fingerprint density at radius 1 is 1.11 bits per heavy atom. The van der Waals surface area contributed by atoms with Crippen molar-refractivity contribution in [2.45, 2.75) is 40.0 Å². The molecule has 0 saturated heterocycles. The van der Waals surface area contributed by atoms with Crippen LogP contribution in [0.5, 0.6) is 0 Å². The van der Waals surface area contributed by atoms with E-state index < -0.39 is 0 Å². The van der Waals surface area contributed by atoms with Crippen LogP contribution in [0.1, 0.15) is 44.7 Å². The average Bonchev–Trinajstić information content (AvgIpc) is 2.31. The summed E-state index contributed by atoms with van der Waals surface area (Å²) in [6, 6.07) is 6.80. The standard InChI is InChI=1S/C15H26N2.2ClH/c1-5-17(6-2)15-11-13(9-10-16)7-8-14(15)12(3)4;;/h7-8,11-12H,5-6,9-10,16H2,1-4H3;2*1H. The van der Waals surface area contributed by atoms with Crippen molar-refractivity contribution in [3.8, 4) is 0 Å². The molecule has 0 heterocycles. The molecule has 1 aromatic carbocycles. The maximum Gasteiger partial charge on any atom is 0.0403 e. The van der Waals surface area contributed by atoms with Crippen LogP contribution in [0.4, 0.5) is 5.69 Å². The largest absolute Gasteiger partial charge is 0.372 e. The van der Waals surface area contributed by atoms with Gasteiger partial charge in [-0.1, -0.05) is 26.0 Å². The molecule has 2 N–H and O–H groups in total. The first-order valence-electron chi connectivity index (χ1n) is 6.71. The Kier molecular flexibility index (Phi) is 11.4. The Hall–Kier alpha value is -0.440. The van der Waals surface area contributed by atoms with E-state index in [0.717, 1.165) is 26.1 Å². The van der Waals surface area contributed by atoms with Gasteiger partial charge in [0.25, 0.3) is 0 Å². The number of halogens is 2. The molecular weight excluding hydrogens is 279 g/mol. The van der Waals surface area contributed by atoms with Crippen LogP contribution in [-0.4, -0.2) is 19.6 Å². The molecule has 0 aromatic heterocycles. The first-order chi connectivity index (χ1) is 8.13. The Morgan fingerprint density at radius 2 is 1.68 bits per heavy atom. The second-order valence-electron chi connectivity index (χ2n) is 4.76. The molecule has 4 heteroatoms. The fraction of sp³-hybridized carbons (Fsp3) is 0.600. The lowest BCUT2D eigenvalue weighted by Crippen LogP contribution is -2.23. The van der Waals surface area contributed by atoms with Gasteiger partial charge in [-0.25, -0.2) is 0 Å². The molecule has 112 valence electrons. The van der Waals surface area contributed by atoms with Crippen molar-refractivity contribution in [3.63, 3.8) is 0 Å². The van der Waals surface area contributed by atoms with Gasteiger partial charge >= 0.3 is 0 Å². The Bertz CT molecular complexity index is 350. The number of rotatable bonds is 6. The molecule has 0 spiro atoms. The summed E-state index contributed by atoms with van der Waals surface area (Å²) in [5, 5.41) is 0. The van der Waals surface area contributed by atoms with Crippen LogP contribution >= 0.6 is 24.8 Å². The zero-order valence-corrected chi connectivity index (χ0v) is 14.1. The highest BCUT2D eigenvalue weighted by atomic mass is 35.5. The number of nitrogens with two attached hydrogens (primary N) is 1. The van der Waals surface area contributed by atoms with E-state index >= 15 is 0 Å². The van der Waals surface area contributed by atoms with Gasteiger partial charge in [0, 0.05) is 18.8 Å². The van der Waals surface area contributed by atoms with E-state index in [1.54, 1.807) is 0 Å². The van der Waals surface area contributed by atoms with Crippen LogP contribution in [0, 0.1) is 0 Å². The smallest absolute Gasteiger partial charge is 0.0403 e. The fourth-order valence-corrected chi connectivity index (χ4v) is 2.24. The molecular formula is C15H28Cl2N2. The van der Waals surface area contributed by atoms with E-state index in [2.05, 4.69) is 50.8 Å². The zero-order valence-electron chi connectivity index (χ0n) is 12.5. The summed E-state index contributed by atoms with van der Waals surface area (Å²) in [6.07, 6.45) is 0.965. The number of hydrogen-bond donors (Lipinski definition) is 1. The molecule has 0 amide bonds. The lowest BCUT2D eigenvalue weighted by Gasteiger charge is -2.26. The first-order valence-corrected chi connectivity index (χ1v) is 6.71. The summed E-state index contributed by atoms with van der Waals surface area (Å²) < 4.78 is 0. The number of anilines is 1. The molecule has 1 aromatic rings. The maximum atomic E-state index is 5.64. The lowest BCUT2D eigenvalue weighted by atomic mass is 9.97. The molecule has 0 aliphatic rings. The molecule has 0 radical (unpaired) electrons. The molecule has 2 nitrogen and oxygen atoms in total. The highest BCUT2D eigenvalue weighted by Crippen LogP contribution is 2.28. The van der Waals surface area contributed by atoms with Crippen molar-refractivity contribution < 1.29 is 0 Å². The normalized spacial score (nSPS) is 9.79. The van der Waals surface area contributed by atoms with Crippen molar-refractivity contribution in [3.05, 3.63) is 29.3 Å². The minimum Gasteiger partial charge on any atom is -0.372 e. The van der Waals surface area contributed by atoms with Crippen molar-refractivity contribution >= 4 is 30.5 Å². The SMILES string of the molecule is CCN(CC)c1cc(CCN)ccc1C(C)C.Cl.Cl. The topological polar surface area (TPSA) is 29.3 Å². The molecule has 19 heavy (non-hydrogen) atoms. The molecule has 0 bridgehead atoms. The number of hydrogen-bond acceptors (Lipinski definition) is 2. The summed E-state index contributed by atoms with van der Waals surface area (Å²) in [5.74, 6) is 0.567. The van der Waals surface area contributed by atoms with E-state index in [0.29, 0.717) is 5.92 Å². The van der Waals surface area contributed by atoms with Crippen molar-refractivity contribution in [2.24, 2.45) is 5.73 Å². The summed E-state index contributed by atoms with van der Waals surface area (Å²) in [6.45, 7) is 11.8. The van der Waals surface area contributed by atoms with Crippen molar-refractivity contribution in [2.75, 3.05) is 24.5 Å². The van der Waals surface area contributed by atoms with Gasteiger partial charge in [-0.2, -0.15) is 0 Å². The third kappa shape index (κ3) is 5.60. The summed E-state index contributed by atoms with van der Waals surface area (Å²) in [5.41, 5.74) is 9.81. The van der Waals surface area contributed by atoms with Crippen LogP contribution in [-0.2, 0) is 6.42 Å². The monoisotopic (exact) mass is 306 g/mol. The van der Waals surface area contributed by atoms with Gasteiger partial charge in [-0.05, 0) is 49.9 Å². The van der Waals surface area contributed by atoms with Gasteiger partial charge in [0.2, 0.25) is 0 Å². The quantitative estimate of drug-likeness (QED) is 0.860. The fourth-order valence-electron chi connectivity index (χ4n) is 2.24. The second-order valence-corrected chi connectivity index (χ2v) is 4.76. The predicted molar refractivity (Wildman–Crippen MR) is 91.3 cm³/mol. The first kappa shape index (κ1) is 20.9. The molecule has 0 saturated carbocycles. The molecule has 1 rings (SSSR count). The van der Waals surface area contributed by atoms with Gasteiger partial charge < -0.3 is 10.6 Å². The molecule has 0 fully saturated rings. The summed E-state index contributed by atoms with van der Waals surface area (Å²) in [4.78, 5) is 2.43. The number of benzene rings is 1. The van der Waals surface area contributed by atoms with E-state index in [9.17, 15) is 0 Å². The summed E-state index contributed by atoms with van der Waals surface area (Å²) in [7, 11) is 0. The lowest BCUT2D eigenvalue weighted by molar-refractivity contribution is 0.813. The minimum absolute atomic E-state index is 0. The maximum absolute atomic E-state index is 5.64. The van der Waals surface area contributed by atoms with Gasteiger partial charge in [0.15, 0.2) is 0 Å². The zero-order chi connectivity index (χ0) is 12.8. The minimum atomic E-state index is 0. The van der Waals surface area contributed by atoms with E-state index in [-0.39, 0.29) is 24.8 Å². The van der Waals surface area contributed by atoms with E-state index in [1.165, 1.54) is 16.8 Å². The van der Waals surface area contributed by atoms with Gasteiger partial charge in [0.1, 0.15) is 0 Å². The van der Waals surface area contributed by atoms with Gasteiger partial charge in [0.05, 0.1) is 0 Å². The van der Waals surface area contributed by atoms with Crippen LogP contribution in [0.3, 0.4) is 0 Å². The predicted octanol–water partition coefficient (Wildman–Crippen LogP) is 4.00. The third-order valence-electron chi connectivity index (χ3n) is 3.25.